The summed E-state index contributed by atoms with van der Waals surface area (Å²) < 4.78 is 13.0. The number of ether oxygens (including phenoxy) is 2. The Morgan fingerprint density at radius 1 is 1.20 bits per heavy atom. The van der Waals surface area contributed by atoms with Crippen LogP contribution in [-0.2, 0) is 16.0 Å². The number of hydrogen-bond donors (Lipinski definition) is 0. The van der Waals surface area contributed by atoms with Crippen LogP contribution in [0.5, 0.6) is 0 Å². The predicted octanol–water partition coefficient (Wildman–Crippen LogP) is 4.47. The molecule has 188 valence electrons. The number of hydrogen-bond acceptors (Lipinski definition) is 7. The highest BCUT2D eigenvalue weighted by Crippen LogP contribution is 2.32. The first-order valence-corrected chi connectivity index (χ1v) is 12.3. The number of carbonyl (C=O) groups is 2. The molecule has 9 heteroatoms. The summed E-state index contributed by atoms with van der Waals surface area (Å²) in [6.07, 6.45) is 4.26. The number of carbonyl (C=O) groups excluding carboxylic acids is 2. The van der Waals surface area contributed by atoms with Crippen LogP contribution in [0, 0.1) is 29.9 Å². The van der Waals surface area contributed by atoms with Gasteiger partial charge in [0.15, 0.2) is 6.61 Å². The molecule has 9 nitrogen and oxygen atoms in total. The van der Waals surface area contributed by atoms with Gasteiger partial charge in [0.05, 0.1) is 16.6 Å². The highest BCUT2D eigenvalue weighted by atomic mass is 16.6. The van der Waals surface area contributed by atoms with Crippen LogP contribution in [0.15, 0.2) is 24.3 Å². The Hall–Kier alpha value is -3.20. The molecule has 2 aliphatic rings. The first kappa shape index (κ1) is 24.9. The summed E-state index contributed by atoms with van der Waals surface area (Å²) in [6.45, 7) is 8.45. The zero-order valence-electron chi connectivity index (χ0n) is 20.6. The van der Waals surface area contributed by atoms with Gasteiger partial charge in [0.2, 0.25) is 5.78 Å². The largest absolute Gasteiger partial charge is 0.454 e. The molecule has 0 aliphatic carbocycles. The molecule has 4 rings (SSSR count). The molecular weight excluding hydrogens is 450 g/mol. The van der Waals surface area contributed by atoms with E-state index < -0.39 is 17.5 Å². The zero-order chi connectivity index (χ0) is 25.1. The molecule has 2 aromatic rings. The number of aromatic nitrogens is 1. The minimum Gasteiger partial charge on any atom is -0.454 e. The van der Waals surface area contributed by atoms with Crippen LogP contribution in [0.4, 0.5) is 11.4 Å². The fourth-order valence-corrected chi connectivity index (χ4v) is 5.12. The van der Waals surface area contributed by atoms with Crippen LogP contribution in [0.1, 0.15) is 64.7 Å². The first-order chi connectivity index (χ1) is 16.7. The molecule has 0 bridgehead atoms. The second-order valence-corrected chi connectivity index (χ2v) is 9.68. The molecule has 0 saturated carbocycles. The van der Waals surface area contributed by atoms with Crippen molar-refractivity contribution in [2.75, 3.05) is 31.2 Å². The third-order valence-electron chi connectivity index (χ3n) is 7.02. The molecule has 35 heavy (non-hydrogen) atoms. The summed E-state index contributed by atoms with van der Waals surface area (Å²) >= 11 is 0. The lowest BCUT2D eigenvalue weighted by atomic mass is 9.99. The minimum absolute atomic E-state index is 0.0576. The quantitative estimate of drug-likeness (QED) is 0.236. The summed E-state index contributed by atoms with van der Waals surface area (Å²) in [6, 6.07) is 6.18. The summed E-state index contributed by atoms with van der Waals surface area (Å²) in [5.74, 6) is -0.613. The Bertz CT molecular complexity index is 1120. The SMILES string of the molecule is Cc1cc(C(=O)COC(=O)c2ccc(N3CCC[C@H](C)C3)c([N+](=O)[O-])c2)c(C)n1C[C@@H]1CCCO1. The molecule has 2 atom stereocenters. The Balaban J connectivity index is 1.43. The van der Waals surface area contributed by atoms with Gasteiger partial charge in [0, 0.05) is 49.3 Å². The van der Waals surface area contributed by atoms with Gasteiger partial charge < -0.3 is 18.9 Å². The monoisotopic (exact) mass is 483 g/mol. The third kappa shape index (κ3) is 5.56. The van der Waals surface area contributed by atoms with Crippen molar-refractivity contribution in [1.82, 2.24) is 4.57 Å². The van der Waals surface area contributed by atoms with Crippen molar-refractivity contribution in [3.63, 3.8) is 0 Å². The maximum absolute atomic E-state index is 12.8. The van der Waals surface area contributed by atoms with Crippen LogP contribution in [0.3, 0.4) is 0 Å². The molecule has 1 aromatic heterocycles. The standard InChI is InChI=1S/C26H33N3O6/c1-17-6-4-10-27(14-17)23-9-8-20(13-24(23)29(32)33)26(31)35-16-25(30)22-12-18(2)28(19(22)3)15-21-7-5-11-34-21/h8-9,12-13,17,21H,4-7,10-11,14-16H2,1-3H3/t17-,21-/m0/s1. The molecule has 0 amide bonds. The van der Waals surface area contributed by atoms with E-state index in [-0.39, 0.29) is 23.1 Å². The van der Waals surface area contributed by atoms with Gasteiger partial charge in [0.1, 0.15) is 5.69 Å². The highest BCUT2D eigenvalue weighted by molar-refractivity contribution is 6.00. The number of nitro benzene ring substituents is 1. The van der Waals surface area contributed by atoms with Crippen LogP contribution in [-0.4, -0.2) is 53.7 Å². The van der Waals surface area contributed by atoms with Crippen LogP contribution < -0.4 is 4.90 Å². The first-order valence-electron chi connectivity index (χ1n) is 12.3. The number of piperidine rings is 1. The third-order valence-corrected chi connectivity index (χ3v) is 7.02. The van der Waals surface area contributed by atoms with Crippen LogP contribution in [0.25, 0.3) is 0 Å². The number of nitro groups is 1. The van der Waals surface area contributed by atoms with E-state index in [1.807, 2.05) is 18.7 Å². The Kier molecular flexibility index (Phi) is 7.54. The molecule has 1 aromatic carbocycles. The Morgan fingerprint density at radius 2 is 2.00 bits per heavy atom. The molecule has 2 fully saturated rings. The van der Waals surface area contributed by atoms with Crippen molar-refractivity contribution in [2.24, 2.45) is 5.92 Å². The van der Waals surface area contributed by atoms with Gasteiger partial charge in [-0.05, 0) is 63.6 Å². The summed E-state index contributed by atoms with van der Waals surface area (Å²) in [5, 5.41) is 11.7. The Labute approximate surface area is 205 Å². The fraction of sp³-hybridized carbons (Fsp3) is 0.538. The molecule has 0 N–H and O–H groups in total. The second kappa shape index (κ2) is 10.6. The number of anilines is 1. The average molecular weight is 484 g/mol. The van der Waals surface area contributed by atoms with E-state index in [0.717, 1.165) is 56.8 Å². The predicted molar refractivity (Wildman–Crippen MR) is 131 cm³/mol. The number of benzene rings is 1. The number of rotatable bonds is 8. The van der Waals surface area contributed by atoms with Crippen molar-refractivity contribution in [2.45, 2.75) is 59.1 Å². The summed E-state index contributed by atoms with van der Waals surface area (Å²) in [7, 11) is 0. The minimum atomic E-state index is -0.756. The number of Topliss-reactive ketones (excluding diaryl/α,β-unsaturated/α-hetero) is 1. The van der Waals surface area contributed by atoms with Crippen LogP contribution in [0.2, 0.25) is 0 Å². The van der Waals surface area contributed by atoms with E-state index in [0.29, 0.717) is 23.7 Å². The normalized spacial score (nSPS) is 20.1. The van der Waals surface area contributed by atoms with Crippen molar-refractivity contribution >= 4 is 23.1 Å². The summed E-state index contributed by atoms with van der Waals surface area (Å²) in [4.78, 5) is 38.7. The smallest absolute Gasteiger partial charge is 0.338 e. The number of esters is 1. The van der Waals surface area contributed by atoms with Crippen molar-refractivity contribution in [3.8, 4) is 0 Å². The van der Waals surface area contributed by atoms with Gasteiger partial charge in [-0.15, -0.1) is 0 Å². The van der Waals surface area contributed by atoms with Crippen molar-refractivity contribution in [1.29, 1.82) is 0 Å². The Morgan fingerprint density at radius 3 is 2.69 bits per heavy atom. The van der Waals surface area contributed by atoms with Gasteiger partial charge in [-0.1, -0.05) is 6.92 Å². The van der Waals surface area contributed by atoms with Gasteiger partial charge in [-0.25, -0.2) is 4.79 Å². The van der Waals surface area contributed by atoms with E-state index in [1.54, 1.807) is 12.1 Å². The lowest BCUT2D eigenvalue weighted by Gasteiger charge is -2.32. The number of ketones is 1. The van der Waals surface area contributed by atoms with Crippen LogP contribution >= 0.6 is 0 Å². The zero-order valence-corrected chi connectivity index (χ0v) is 20.6. The van der Waals surface area contributed by atoms with E-state index in [2.05, 4.69) is 11.5 Å². The van der Waals surface area contributed by atoms with E-state index >= 15 is 0 Å². The topological polar surface area (TPSA) is 104 Å². The maximum atomic E-state index is 12.8. The lowest BCUT2D eigenvalue weighted by molar-refractivity contribution is -0.384. The van der Waals surface area contributed by atoms with Gasteiger partial charge in [-0.2, -0.15) is 0 Å². The number of nitrogens with zero attached hydrogens (tertiary/aromatic N) is 3. The second-order valence-electron chi connectivity index (χ2n) is 9.68. The van der Waals surface area contributed by atoms with Gasteiger partial charge in [0.25, 0.3) is 5.69 Å². The maximum Gasteiger partial charge on any atom is 0.338 e. The highest BCUT2D eigenvalue weighted by Gasteiger charge is 2.26. The molecule has 3 heterocycles. The molecule has 0 spiro atoms. The molecular formula is C26H33N3O6. The van der Waals surface area contributed by atoms with Crippen molar-refractivity contribution in [3.05, 3.63) is 56.9 Å². The van der Waals surface area contributed by atoms with E-state index in [4.69, 9.17) is 9.47 Å². The summed E-state index contributed by atoms with van der Waals surface area (Å²) in [5.41, 5.74) is 2.71. The average Bonchev–Trinajstić information content (AvgIpc) is 3.45. The van der Waals surface area contributed by atoms with Crippen molar-refractivity contribution < 1.29 is 24.0 Å². The van der Waals surface area contributed by atoms with E-state index in [1.165, 1.54) is 12.1 Å². The molecule has 2 saturated heterocycles. The molecule has 0 radical (unpaired) electrons. The lowest BCUT2D eigenvalue weighted by Crippen LogP contribution is -2.34. The fourth-order valence-electron chi connectivity index (χ4n) is 5.12. The molecule has 2 aliphatic heterocycles. The van der Waals surface area contributed by atoms with Gasteiger partial charge >= 0.3 is 5.97 Å². The van der Waals surface area contributed by atoms with E-state index in [9.17, 15) is 19.7 Å². The molecule has 0 unspecified atom stereocenters. The van der Waals surface area contributed by atoms with Gasteiger partial charge in [-0.3, -0.25) is 14.9 Å². The number of aryl methyl sites for hydroxylation is 1.